The van der Waals surface area contributed by atoms with Crippen molar-refractivity contribution in [2.24, 2.45) is 0 Å². The van der Waals surface area contributed by atoms with Crippen LogP contribution in [0.15, 0.2) is 66.2 Å². The minimum absolute atomic E-state index is 0.149. The fraction of sp³-hybridized carbons (Fsp3) is 0.0588. The summed E-state index contributed by atoms with van der Waals surface area (Å²) in [5, 5.41) is 0.944. The van der Waals surface area contributed by atoms with E-state index in [4.69, 9.17) is 4.74 Å². The normalized spacial score (nSPS) is 11.7. The topological polar surface area (TPSA) is 111 Å². The van der Waals surface area contributed by atoms with E-state index in [2.05, 4.69) is 20.3 Å². The lowest BCUT2D eigenvalue weighted by Gasteiger charge is -2.12. The second-order valence-electron chi connectivity index (χ2n) is 5.43. The van der Waals surface area contributed by atoms with Gasteiger partial charge in [0.2, 0.25) is 5.88 Å². The number of rotatable bonds is 5. The summed E-state index contributed by atoms with van der Waals surface area (Å²) in [5.74, 6) is -0.642. The van der Waals surface area contributed by atoms with Crippen molar-refractivity contribution < 1.29 is 31.1 Å². The molecule has 0 saturated carbocycles. The SMILES string of the molecule is O=C(Nc1cccc(Oc2cnccn2)c1)c1cccnc1S(=O)(=O)C(F)(F)F. The van der Waals surface area contributed by atoms with Gasteiger partial charge in [-0.05, 0) is 24.3 Å². The largest absolute Gasteiger partial charge is 0.503 e. The Labute approximate surface area is 162 Å². The van der Waals surface area contributed by atoms with Crippen LogP contribution < -0.4 is 10.1 Å². The maximum absolute atomic E-state index is 12.9. The van der Waals surface area contributed by atoms with Crippen molar-refractivity contribution in [3.63, 3.8) is 0 Å². The number of carbonyl (C=O) groups excluding carboxylic acids is 1. The minimum atomic E-state index is -5.81. The standard InChI is InChI=1S/C17H11F3N4O4S/c18-17(19,20)29(26,27)16-13(5-2-6-23-16)15(25)24-11-3-1-4-12(9-11)28-14-10-21-7-8-22-14/h1-10H,(H,24,25). The van der Waals surface area contributed by atoms with E-state index in [1.165, 1.54) is 36.8 Å². The van der Waals surface area contributed by atoms with Crippen LogP contribution in [0.1, 0.15) is 10.4 Å². The third-order valence-electron chi connectivity index (χ3n) is 3.43. The molecule has 0 spiro atoms. The van der Waals surface area contributed by atoms with Crippen LogP contribution in [-0.4, -0.2) is 34.8 Å². The van der Waals surface area contributed by atoms with Crippen molar-refractivity contribution >= 4 is 21.4 Å². The van der Waals surface area contributed by atoms with E-state index in [0.717, 1.165) is 18.3 Å². The molecule has 12 heteroatoms. The fourth-order valence-electron chi connectivity index (χ4n) is 2.18. The number of sulfone groups is 1. The third kappa shape index (κ3) is 4.48. The van der Waals surface area contributed by atoms with Crippen LogP contribution in [-0.2, 0) is 9.84 Å². The van der Waals surface area contributed by atoms with Gasteiger partial charge in [-0.3, -0.25) is 9.78 Å². The van der Waals surface area contributed by atoms with Gasteiger partial charge in [-0.15, -0.1) is 0 Å². The van der Waals surface area contributed by atoms with Gasteiger partial charge in [-0.1, -0.05) is 6.07 Å². The molecule has 0 radical (unpaired) electrons. The summed E-state index contributed by atoms with van der Waals surface area (Å²) in [6, 6.07) is 7.96. The number of hydrogen-bond acceptors (Lipinski definition) is 7. The predicted molar refractivity (Wildman–Crippen MR) is 94.0 cm³/mol. The van der Waals surface area contributed by atoms with Gasteiger partial charge in [-0.2, -0.15) is 13.2 Å². The van der Waals surface area contributed by atoms with Crippen molar-refractivity contribution in [3.8, 4) is 11.6 Å². The second-order valence-corrected chi connectivity index (χ2v) is 7.29. The molecule has 0 saturated heterocycles. The van der Waals surface area contributed by atoms with Gasteiger partial charge in [0.05, 0.1) is 11.8 Å². The van der Waals surface area contributed by atoms with E-state index < -0.39 is 31.8 Å². The number of ether oxygens (including phenoxy) is 1. The van der Waals surface area contributed by atoms with E-state index >= 15 is 0 Å². The van der Waals surface area contributed by atoms with Crippen LogP contribution in [0, 0.1) is 0 Å². The van der Waals surface area contributed by atoms with E-state index in [1.54, 1.807) is 6.07 Å². The van der Waals surface area contributed by atoms with Crippen LogP contribution in [0.5, 0.6) is 11.6 Å². The predicted octanol–water partition coefficient (Wildman–Crippen LogP) is 3.21. The molecule has 0 aliphatic carbocycles. The first kappa shape index (κ1) is 20.2. The molecule has 29 heavy (non-hydrogen) atoms. The number of nitrogens with zero attached hydrogens (tertiary/aromatic N) is 3. The Morgan fingerprint density at radius 3 is 2.52 bits per heavy atom. The summed E-state index contributed by atoms with van der Waals surface area (Å²) >= 11 is 0. The van der Waals surface area contributed by atoms with E-state index in [9.17, 15) is 26.4 Å². The summed E-state index contributed by atoms with van der Waals surface area (Å²) in [7, 11) is -5.81. The van der Waals surface area contributed by atoms with Crippen molar-refractivity contribution in [2.45, 2.75) is 10.5 Å². The first-order valence-corrected chi connectivity index (χ1v) is 9.28. The molecule has 1 N–H and O–H groups in total. The molecular formula is C17H11F3N4O4S. The van der Waals surface area contributed by atoms with Gasteiger partial charge in [0, 0.05) is 30.3 Å². The molecule has 1 amide bonds. The lowest BCUT2D eigenvalue weighted by Crippen LogP contribution is -2.27. The number of amides is 1. The molecule has 150 valence electrons. The summed E-state index contributed by atoms with van der Waals surface area (Å²) in [6.45, 7) is 0. The number of nitrogens with one attached hydrogen (secondary N) is 1. The number of carbonyl (C=O) groups is 1. The zero-order valence-electron chi connectivity index (χ0n) is 14.3. The van der Waals surface area contributed by atoms with Gasteiger partial charge in [-0.25, -0.2) is 18.4 Å². The summed E-state index contributed by atoms with van der Waals surface area (Å²) in [5.41, 5.74) is -6.19. The molecule has 0 atom stereocenters. The highest BCUT2D eigenvalue weighted by atomic mass is 32.2. The first-order chi connectivity index (χ1) is 13.7. The van der Waals surface area contributed by atoms with Gasteiger partial charge < -0.3 is 10.1 Å². The second kappa shape index (κ2) is 7.83. The van der Waals surface area contributed by atoms with Crippen LogP contribution in [0.25, 0.3) is 0 Å². The van der Waals surface area contributed by atoms with Gasteiger partial charge >= 0.3 is 5.51 Å². The lowest BCUT2D eigenvalue weighted by molar-refractivity contribution is -0.0438. The fourth-order valence-corrected chi connectivity index (χ4v) is 3.05. The molecule has 0 aliphatic rings. The molecule has 2 heterocycles. The molecule has 0 unspecified atom stereocenters. The highest BCUT2D eigenvalue weighted by Crippen LogP contribution is 2.31. The highest BCUT2D eigenvalue weighted by Gasteiger charge is 2.49. The van der Waals surface area contributed by atoms with Crippen molar-refractivity contribution in [1.82, 2.24) is 15.0 Å². The Bertz CT molecular complexity index is 1140. The number of anilines is 1. The van der Waals surface area contributed by atoms with Crippen LogP contribution in [0.4, 0.5) is 18.9 Å². The maximum atomic E-state index is 12.9. The molecule has 0 fully saturated rings. The van der Waals surface area contributed by atoms with Crippen molar-refractivity contribution in [2.75, 3.05) is 5.32 Å². The van der Waals surface area contributed by atoms with E-state index in [0.29, 0.717) is 0 Å². The van der Waals surface area contributed by atoms with Gasteiger partial charge in [0.1, 0.15) is 5.75 Å². The lowest BCUT2D eigenvalue weighted by atomic mass is 10.2. The molecule has 1 aromatic carbocycles. The quantitative estimate of drug-likeness (QED) is 0.669. The molecule has 0 bridgehead atoms. The van der Waals surface area contributed by atoms with E-state index in [1.807, 2.05) is 0 Å². The maximum Gasteiger partial charge on any atom is 0.503 e. The number of alkyl halides is 3. The van der Waals surface area contributed by atoms with Crippen molar-refractivity contribution in [1.29, 1.82) is 0 Å². The van der Waals surface area contributed by atoms with Crippen LogP contribution >= 0.6 is 0 Å². The average Bonchev–Trinajstić information content (AvgIpc) is 2.68. The Morgan fingerprint density at radius 2 is 1.83 bits per heavy atom. The Kier molecular flexibility index (Phi) is 5.46. The molecule has 3 aromatic rings. The number of benzene rings is 1. The Morgan fingerprint density at radius 1 is 1.03 bits per heavy atom. The van der Waals surface area contributed by atoms with E-state index in [-0.39, 0.29) is 17.3 Å². The number of pyridine rings is 1. The molecular weight excluding hydrogens is 413 g/mol. The zero-order chi connectivity index (χ0) is 21.1. The molecule has 2 aromatic heterocycles. The molecule has 0 aliphatic heterocycles. The zero-order valence-corrected chi connectivity index (χ0v) is 15.1. The summed E-state index contributed by atoms with van der Waals surface area (Å²) < 4.78 is 67.4. The third-order valence-corrected chi connectivity index (χ3v) is 4.87. The Balaban J connectivity index is 1.86. The summed E-state index contributed by atoms with van der Waals surface area (Å²) in [6.07, 6.45) is 5.07. The number of aromatic nitrogens is 3. The summed E-state index contributed by atoms with van der Waals surface area (Å²) in [4.78, 5) is 23.4. The van der Waals surface area contributed by atoms with Crippen LogP contribution in [0.3, 0.4) is 0 Å². The van der Waals surface area contributed by atoms with Crippen molar-refractivity contribution in [3.05, 3.63) is 66.7 Å². The Hall–Kier alpha value is -3.54. The number of hydrogen-bond donors (Lipinski definition) is 1. The monoisotopic (exact) mass is 424 g/mol. The number of halogens is 3. The molecule has 3 rings (SSSR count). The van der Waals surface area contributed by atoms with Gasteiger partial charge in [0.15, 0.2) is 5.03 Å². The minimum Gasteiger partial charge on any atom is -0.437 e. The average molecular weight is 424 g/mol. The first-order valence-electron chi connectivity index (χ1n) is 7.80. The van der Waals surface area contributed by atoms with Crippen LogP contribution in [0.2, 0.25) is 0 Å². The van der Waals surface area contributed by atoms with Gasteiger partial charge in [0.25, 0.3) is 15.7 Å². The smallest absolute Gasteiger partial charge is 0.437 e. The highest BCUT2D eigenvalue weighted by molar-refractivity contribution is 7.92. The molecule has 8 nitrogen and oxygen atoms in total.